The van der Waals surface area contributed by atoms with Crippen LogP contribution in [0.1, 0.15) is 18.9 Å². The summed E-state index contributed by atoms with van der Waals surface area (Å²) in [5.74, 6) is -0.873. The summed E-state index contributed by atoms with van der Waals surface area (Å²) < 4.78 is 38.9. The van der Waals surface area contributed by atoms with Gasteiger partial charge in [0.05, 0.1) is 11.9 Å². The molecule has 0 saturated heterocycles. The first-order valence-electron chi connectivity index (χ1n) is 7.99. The number of anilines is 1. The quantitative estimate of drug-likeness (QED) is 0.777. The summed E-state index contributed by atoms with van der Waals surface area (Å²) in [6, 6.07) is 11.2. The zero-order valence-corrected chi connectivity index (χ0v) is 16.0. The molecule has 26 heavy (non-hydrogen) atoms. The summed E-state index contributed by atoms with van der Waals surface area (Å²) in [5.41, 5.74) is 0.898. The van der Waals surface area contributed by atoms with Crippen molar-refractivity contribution in [3.63, 3.8) is 0 Å². The van der Waals surface area contributed by atoms with Gasteiger partial charge in [-0.15, -0.1) is 0 Å². The Hall–Kier alpha value is -2.12. The summed E-state index contributed by atoms with van der Waals surface area (Å²) in [7, 11) is -3.73. The third-order valence-electron chi connectivity index (χ3n) is 3.75. The van der Waals surface area contributed by atoms with Crippen molar-refractivity contribution in [1.82, 2.24) is 5.32 Å². The molecule has 2 rings (SSSR count). The van der Waals surface area contributed by atoms with Crippen molar-refractivity contribution in [2.75, 3.05) is 10.6 Å². The molecule has 8 heteroatoms. The third kappa shape index (κ3) is 5.19. The molecule has 0 aliphatic heterocycles. The van der Waals surface area contributed by atoms with Gasteiger partial charge in [0.15, 0.2) is 0 Å². The molecular weight excluding hydrogens is 379 g/mol. The lowest BCUT2D eigenvalue weighted by atomic mass is 10.1. The molecule has 0 bridgehead atoms. The van der Waals surface area contributed by atoms with Crippen molar-refractivity contribution in [2.24, 2.45) is 0 Å². The number of rotatable bonds is 7. The molecule has 2 aromatic carbocycles. The predicted octanol–water partition coefficient (Wildman–Crippen LogP) is 3.34. The lowest BCUT2D eigenvalue weighted by molar-refractivity contribution is -0.122. The molecule has 0 aliphatic rings. The van der Waals surface area contributed by atoms with E-state index in [1.165, 1.54) is 18.2 Å². The van der Waals surface area contributed by atoms with Crippen molar-refractivity contribution in [1.29, 1.82) is 0 Å². The van der Waals surface area contributed by atoms with Gasteiger partial charge in [-0.2, -0.15) is 0 Å². The molecule has 1 amide bonds. The Kier molecular flexibility index (Phi) is 6.61. The molecule has 1 unspecified atom stereocenters. The third-order valence-corrected chi connectivity index (χ3v) is 5.16. The molecule has 0 radical (unpaired) electrons. The van der Waals surface area contributed by atoms with E-state index in [-0.39, 0.29) is 13.0 Å². The molecule has 2 aromatic rings. The van der Waals surface area contributed by atoms with Gasteiger partial charge < -0.3 is 5.32 Å². The minimum atomic E-state index is -3.73. The van der Waals surface area contributed by atoms with E-state index in [0.717, 1.165) is 10.6 Å². The minimum Gasteiger partial charge on any atom is -0.350 e. The van der Waals surface area contributed by atoms with Crippen molar-refractivity contribution in [3.05, 3.63) is 64.9 Å². The molecule has 0 heterocycles. The average Bonchev–Trinajstić information content (AvgIpc) is 2.56. The van der Waals surface area contributed by atoms with Gasteiger partial charge in [-0.25, -0.2) is 12.8 Å². The fourth-order valence-electron chi connectivity index (χ4n) is 2.63. The number of amides is 1. The van der Waals surface area contributed by atoms with E-state index in [1.54, 1.807) is 37.3 Å². The van der Waals surface area contributed by atoms with Gasteiger partial charge in [0.25, 0.3) is 0 Å². The number of sulfonamides is 1. The Labute approximate surface area is 157 Å². The lowest BCUT2D eigenvalue weighted by Gasteiger charge is -2.30. The highest BCUT2D eigenvalue weighted by atomic mass is 35.5. The van der Waals surface area contributed by atoms with E-state index in [0.29, 0.717) is 16.3 Å². The maximum absolute atomic E-state index is 13.2. The van der Waals surface area contributed by atoms with Crippen molar-refractivity contribution in [2.45, 2.75) is 25.9 Å². The SMILES string of the molecule is CCC(C(=O)NCc1cccc(F)c1)N(c1cccc(Cl)c1)S(C)(=O)=O. The number of carbonyl (C=O) groups is 1. The molecule has 0 aliphatic carbocycles. The monoisotopic (exact) mass is 398 g/mol. The largest absolute Gasteiger partial charge is 0.350 e. The van der Waals surface area contributed by atoms with Crippen LogP contribution in [0, 0.1) is 5.82 Å². The Morgan fingerprint density at radius 1 is 1.23 bits per heavy atom. The Morgan fingerprint density at radius 2 is 1.92 bits per heavy atom. The molecule has 0 spiro atoms. The fourth-order valence-corrected chi connectivity index (χ4v) is 4.02. The number of carbonyl (C=O) groups excluding carboxylic acids is 1. The topological polar surface area (TPSA) is 66.5 Å². The van der Waals surface area contributed by atoms with Crippen LogP contribution in [-0.4, -0.2) is 26.6 Å². The smallest absolute Gasteiger partial charge is 0.244 e. The average molecular weight is 399 g/mol. The first-order chi connectivity index (χ1) is 12.2. The van der Waals surface area contributed by atoms with Crippen LogP contribution in [0.2, 0.25) is 5.02 Å². The van der Waals surface area contributed by atoms with E-state index in [2.05, 4.69) is 5.32 Å². The van der Waals surface area contributed by atoms with Gasteiger partial charge in [-0.05, 0) is 42.3 Å². The van der Waals surface area contributed by atoms with Crippen LogP contribution in [0.15, 0.2) is 48.5 Å². The standard InChI is InChI=1S/C18H20ClFN2O3S/c1-3-17(18(23)21-12-13-6-4-8-15(20)10-13)22(26(2,24)25)16-9-5-7-14(19)11-16/h4-11,17H,3,12H2,1-2H3,(H,21,23). The molecule has 0 saturated carbocycles. The number of hydrogen-bond donors (Lipinski definition) is 1. The predicted molar refractivity (Wildman–Crippen MR) is 101 cm³/mol. The molecule has 0 fully saturated rings. The number of nitrogens with one attached hydrogen (secondary N) is 1. The fraction of sp³-hybridized carbons (Fsp3) is 0.278. The summed E-state index contributed by atoms with van der Waals surface area (Å²) in [6.45, 7) is 1.81. The zero-order valence-electron chi connectivity index (χ0n) is 14.4. The van der Waals surface area contributed by atoms with Crippen molar-refractivity contribution in [3.8, 4) is 0 Å². The van der Waals surface area contributed by atoms with Crippen LogP contribution in [0.4, 0.5) is 10.1 Å². The Morgan fingerprint density at radius 3 is 2.50 bits per heavy atom. The Bertz CT molecular complexity index is 890. The summed E-state index contributed by atoms with van der Waals surface area (Å²) in [4.78, 5) is 12.6. The Balaban J connectivity index is 2.25. The van der Waals surface area contributed by atoms with Gasteiger partial charge in [-0.3, -0.25) is 9.10 Å². The first-order valence-corrected chi connectivity index (χ1v) is 10.2. The van der Waals surface area contributed by atoms with E-state index >= 15 is 0 Å². The second-order valence-corrected chi connectivity index (χ2v) is 8.11. The number of hydrogen-bond acceptors (Lipinski definition) is 3. The van der Waals surface area contributed by atoms with Crippen molar-refractivity contribution >= 4 is 33.2 Å². The van der Waals surface area contributed by atoms with Gasteiger partial charge in [0.2, 0.25) is 15.9 Å². The zero-order chi connectivity index (χ0) is 19.3. The highest BCUT2D eigenvalue weighted by Gasteiger charge is 2.31. The highest BCUT2D eigenvalue weighted by Crippen LogP contribution is 2.25. The van der Waals surface area contributed by atoms with E-state index in [9.17, 15) is 17.6 Å². The second-order valence-electron chi connectivity index (χ2n) is 5.81. The van der Waals surface area contributed by atoms with E-state index in [4.69, 9.17) is 11.6 Å². The number of halogens is 2. The van der Waals surface area contributed by atoms with Crippen LogP contribution in [-0.2, 0) is 21.4 Å². The summed E-state index contributed by atoms with van der Waals surface area (Å²) in [6.07, 6.45) is 1.30. The maximum atomic E-state index is 13.2. The molecular formula is C18H20ClFN2O3S. The van der Waals surface area contributed by atoms with Crippen LogP contribution < -0.4 is 9.62 Å². The molecule has 140 valence electrons. The minimum absolute atomic E-state index is 0.0975. The maximum Gasteiger partial charge on any atom is 0.244 e. The van der Waals surface area contributed by atoms with Crippen LogP contribution in [0.25, 0.3) is 0 Å². The van der Waals surface area contributed by atoms with E-state index in [1.807, 2.05) is 0 Å². The molecule has 1 atom stereocenters. The van der Waals surface area contributed by atoms with Gasteiger partial charge >= 0.3 is 0 Å². The molecule has 5 nitrogen and oxygen atoms in total. The highest BCUT2D eigenvalue weighted by molar-refractivity contribution is 7.92. The molecule has 1 N–H and O–H groups in total. The number of benzene rings is 2. The second kappa shape index (κ2) is 8.51. The van der Waals surface area contributed by atoms with E-state index < -0.39 is 27.8 Å². The van der Waals surface area contributed by atoms with Crippen molar-refractivity contribution < 1.29 is 17.6 Å². The number of nitrogens with zero attached hydrogens (tertiary/aromatic N) is 1. The van der Waals surface area contributed by atoms with Crippen LogP contribution >= 0.6 is 11.6 Å². The first kappa shape index (κ1) is 20.2. The van der Waals surface area contributed by atoms with Crippen LogP contribution in [0.5, 0.6) is 0 Å². The van der Waals surface area contributed by atoms with Gasteiger partial charge in [0.1, 0.15) is 11.9 Å². The molecule has 0 aromatic heterocycles. The lowest BCUT2D eigenvalue weighted by Crippen LogP contribution is -2.49. The normalized spacial score (nSPS) is 12.5. The van der Waals surface area contributed by atoms with Gasteiger partial charge in [0, 0.05) is 11.6 Å². The van der Waals surface area contributed by atoms with Crippen LogP contribution in [0.3, 0.4) is 0 Å². The van der Waals surface area contributed by atoms with Gasteiger partial charge in [-0.1, -0.05) is 36.7 Å². The summed E-state index contributed by atoms with van der Waals surface area (Å²) in [5, 5.41) is 3.04. The summed E-state index contributed by atoms with van der Waals surface area (Å²) >= 11 is 5.96.